The average Bonchev–Trinajstić information content (AvgIpc) is 3.32. The fourth-order valence-corrected chi connectivity index (χ4v) is 3.41. The van der Waals surface area contributed by atoms with Gasteiger partial charge in [-0.15, -0.1) is 0 Å². The van der Waals surface area contributed by atoms with Gasteiger partial charge in [0.2, 0.25) is 17.7 Å². The summed E-state index contributed by atoms with van der Waals surface area (Å²) in [5, 5.41) is 5.37. The van der Waals surface area contributed by atoms with Gasteiger partial charge in [0.05, 0.1) is 13.1 Å². The number of rotatable bonds is 7. The maximum absolute atomic E-state index is 12.6. The summed E-state index contributed by atoms with van der Waals surface area (Å²) in [6, 6.07) is 7.68. The van der Waals surface area contributed by atoms with Gasteiger partial charge < -0.3 is 15.5 Å². The molecule has 0 aromatic heterocycles. The SMILES string of the molecule is Cc1ccc(NC(=O)CNC(=O)CN(C(=O)C2CCCC2)C2CC2)cc1. The molecule has 6 nitrogen and oxygen atoms in total. The molecule has 6 heteroatoms. The molecular formula is C20H27N3O3. The maximum atomic E-state index is 12.6. The van der Waals surface area contributed by atoms with Gasteiger partial charge in [0.25, 0.3) is 0 Å². The molecule has 0 atom stereocenters. The van der Waals surface area contributed by atoms with Crippen LogP contribution in [0.15, 0.2) is 24.3 Å². The van der Waals surface area contributed by atoms with E-state index in [4.69, 9.17) is 0 Å². The van der Waals surface area contributed by atoms with Crippen molar-refractivity contribution in [2.24, 2.45) is 5.92 Å². The lowest BCUT2D eigenvalue weighted by atomic mass is 10.1. The predicted molar refractivity (Wildman–Crippen MR) is 99.5 cm³/mol. The minimum Gasteiger partial charge on any atom is -0.345 e. The van der Waals surface area contributed by atoms with Gasteiger partial charge in [0.1, 0.15) is 0 Å². The van der Waals surface area contributed by atoms with E-state index in [2.05, 4.69) is 10.6 Å². The Hall–Kier alpha value is -2.37. The number of hydrogen-bond acceptors (Lipinski definition) is 3. The topological polar surface area (TPSA) is 78.5 Å². The van der Waals surface area contributed by atoms with Gasteiger partial charge in [-0.3, -0.25) is 14.4 Å². The first kappa shape index (κ1) is 18.4. The van der Waals surface area contributed by atoms with Crippen molar-refractivity contribution < 1.29 is 14.4 Å². The largest absolute Gasteiger partial charge is 0.345 e. The normalized spacial score (nSPS) is 17.0. The molecule has 0 spiro atoms. The van der Waals surface area contributed by atoms with Crippen LogP contribution in [-0.2, 0) is 14.4 Å². The van der Waals surface area contributed by atoms with Crippen molar-refractivity contribution in [2.45, 2.75) is 51.5 Å². The lowest BCUT2D eigenvalue weighted by Gasteiger charge is -2.25. The third-order valence-electron chi connectivity index (χ3n) is 5.07. The molecule has 2 aliphatic carbocycles. The Morgan fingerprint density at radius 2 is 1.65 bits per heavy atom. The van der Waals surface area contributed by atoms with Gasteiger partial charge in [-0.25, -0.2) is 0 Å². The van der Waals surface area contributed by atoms with Crippen LogP contribution in [0.5, 0.6) is 0 Å². The molecule has 2 fully saturated rings. The van der Waals surface area contributed by atoms with E-state index in [1.165, 1.54) is 0 Å². The number of aryl methyl sites for hydroxylation is 1. The van der Waals surface area contributed by atoms with Crippen molar-refractivity contribution in [3.8, 4) is 0 Å². The highest BCUT2D eigenvalue weighted by Gasteiger charge is 2.37. The Bertz CT molecular complexity index is 661. The lowest BCUT2D eigenvalue weighted by Crippen LogP contribution is -2.45. The van der Waals surface area contributed by atoms with Crippen molar-refractivity contribution in [3.05, 3.63) is 29.8 Å². The van der Waals surface area contributed by atoms with Gasteiger partial charge in [-0.1, -0.05) is 30.5 Å². The van der Waals surface area contributed by atoms with E-state index in [0.717, 1.165) is 44.1 Å². The van der Waals surface area contributed by atoms with Gasteiger partial charge >= 0.3 is 0 Å². The minimum absolute atomic E-state index is 0.0534. The Morgan fingerprint density at radius 3 is 2.27 bits per heavy atom. The van der Waals surface area contributed by atoms with Crippen LogP contribution in [0.4, 0.5) is 5.69 Å². The minimum atomic E-state index is -0.276. The predicted octanol–water partition coefficient (Wildman–Crippen LogP) is 2.23. The second-order valence-corrected chi connectivity index (χ2v) is 7.37. The molecule has 0 bridgehead atoms. The molecule has 0 heterocycles. The zero-order valence-corrected chi connectivity index (χ0v) is 15.3. The number of anilines is 1. The second kappa shape index (κ2) is 8.34. The first-order valence-electron chi connectivity index (χ1n) is 9.46. The molecule has 0 aliphatic heterocycles. The molecule has 0 saturated heterocycles. The van der Waals surface area contributed by atoms with Gasteiger partial charge in [-0.2, -0.15) is 0 Å². The summed E-state index contributed by atoms with van der Waals surface area (Å²) in [7, 11) is 0. The summed E-state index contributed by atoms with van der Waals surface area (Å²) in [6.45, 7) is 1.94. The van der Waals surface area contributed by atoms with Crippen LogP contribution in [0.3, 0.4) is 0 Å². The van der Waals surface area contributed by atoms with Crippen molar-refractivity contribution in [3.63, 3.8) is 0 Å². The Balaban J connectivity index is 1.45. The van der Waals surface area contributed by atoms with E-state index >= 15 is 0 Å². The summed E-state index contributed by atoms with van der Waals surface area (Å²) >= 11 is 0. The van der Waals surface area contributed by atoms with Crippen LogP contribution in [0.1, 0.15) is 44.1 Å². The summed E-state index contributed by atoms with van der Waals surface area (Å²) in [4.78, 5) is 38.6. The van der Waals surface area contributed by atoms with E-state index in [0.29, 0.717) is 5.69 Å². The number of hydrogen-bond donors (Lipinski definition) is 2. The molecule has 2 aliphatic rings. The van der Waals surface area contributed by atoms with E-state index in [9.17, 15) is 14.4 Å². The Morgan fingerprint density at radius 1 is 1.00 bits per heavy atom. The number of nitrogens with one attached hydrogen (secondary N) is 2. The summed E-state index contributed by atoms with van der Waals surface area (Å²) in [5.41, 5.74) is 1.81. The van der Waals surface area contributed by atoms with Crippen molar-refractivity contribution >= 4 is 23.4 Å². The molecule has 1 aromatic rings. The molecule has 0 radical (unpaired) electrons. The quantitative estimate of drug-likeness (QED) is 0.785. The zero-order chi connectivity index (χ0) is 18.5. The van der Waals surface area contributed by atoms with E-state index in [-0.39, 0.29) is 42.8 Å². The highest BCUT2D eigenvalue weighted by molar-refractivity contribution is 5.95. The lowest BCUT2D eigenvalue weighted by molar-refractivity contribution is -0.140. The fourth-order valence-electron chi connectivity index (χ4n) is 3.41. The first-order valence-corrected chi connectivity index (χ1v) is 9.46. The summed E-state index contributed by atoms with van der Waals surface area (Å²) in [6.07, 6.45) is 6.01. The number of carbonyl (C=O) groups is 3. The number of benzene rings is 1. The third-order valence-corrected chi connectivity index (χ3v) is 5.07. The van der Waals surface area contributed by atoms with Gasteiger partial charge in [-0.05, 0) is 44.7 Å². The van der Waals surface area contributed by atoms with Crippen LogP contribution in [0.2, 0.25) is 0 Å². The standard InChI is InChI=1S/C20H27N3O3/c1-14-6-8-16(9-7-14)22-18(24)12-21-19(25)13-23(17-10-11-17)20(26)15-4-2-3-5-15/h6-9,15,17H,2-5,10-13H2,1H3,(H,21,25)(H,22,24). The van der Waals surface area contributed by atoms with Crippen LogP contribution in [0.25, 0.3) is 0 Å². The van der Waals surface area contributed by atoms with Crippen LogP contribution in [-0.4, -0.2) is 41.8 Å². The molecule has 0 unspecified atom stereocenters. The average molecular weight is 357 g/mol. The second-order valence-electron chi connectivity index (χ2n) is 7.37. The number of nitrogens with zero attached hydrogens (tertiary/aromatic N) is 1. The number of amides is 3. The zero-order valence-electron chi connectivity index (χ0n) is 15.3. The summed E-state index contributed by atoms with van der Waals surface area (Å²) < 4.78 is 0. The molecule has 26 heavy (non-hydrogen) atoms. The molecule has 2 N–H and O–H groups in total. The van der Waals surface area contributed by atoms with Crippen LogP contribution in [0, 0.1) is 12.8 Å². The van der Waals surface area contributed by atoms with E-state index < -0.39 is 0 Å². The highest BCUT2D eigenvalue weighted by Crippen LogP contribution is 2.32. The van der Waals surface area contributed by atoms with E-state index in [1.807, 2.05) is 31.2 Å². The molecule has 1 aromatic carbocycles. The first-order chi connectivity index (χ1) is 12.5. The molecule has 2 saturated carbocycles. The van der Waals surface area contributed by atoms with Crippen LogP contribution < -0.4 is 10.6 Å². The molecule has 140 valence electrons. The molecular weight excluding hydrogens is 330 g/mol. The van der Waals surface area contributed by atoms with Crippen molar-refractivity contribution in [2.75, 3.05) is 18.4 Å². The summed E-state index contributed by atoms with van der Waals surface area (Å²) in [5.74, 6) is -0.359. The monoisotopic (exact) mass is 357 g/mol. The smallest absolute Gasteiger partial charge is 0.243 e. The van der Waals surface area contributed by atoms with Crippen molar-refractivity contribution in [1.82, 2.24) is 10.2 Å². The number of carbonyl (C=O) groups excluding carboxylic acids is 3. The van der Waals surface area contributed by atoms with Gasteiger partial charge in [0.15, 0.2) is 0 Å². The molecule has 3 amide bonds. The van der Waals surface area contributed by atoms with Gasteiger partial charge in [0, 0.05) is 17.6 Å². The van der Waals surface area contributed by atoms with E-state index in [1.54, 1.807) is 4.90 Å². The Labute approximate surface area is 154 Å². The maximum Gasteiger partial charge on any atom is 0.243 e. The molecule has 3 rings (SSSR count). The fraction of sp³-hybridized carbons (Fsp3) is 0.550. The van der Waals surface area contributed by atoms with Crippen LogP contribution >= 0.6 is 0 Å². The third kappa shape index (κ3) is 5.07. The van der Waals surface area contributed by atoms with Crippen molar-refractivity contribution in [1.29, 1.82) is 0 Å². The highest BCUT2D eigenvalue weighted by atomic mass is 16.2. The Kier molecular flexibility index (Phi) is 5.91.